The summed E-state index contributed by atoms with van der Waals surface area (Å²) in [6.07, 6.45) is 0.895. The summed E-state index contributed by atoms with van der Waals surface area (Å²) < 4.78 is 0. The quantitative estimate of drug-likeness (QED) is 0.555. The Kier molecular flexibility index (Phi) is 3.94. The highest BCUT2D eigenvalue weighted by atomic mass is 16.6. The topological polar surface area (TPSA) is 117 Å². The maximum absolute atomic E-state index is 10.9. The molecule has 2 N–H and O–H groups in total. The number of aromatic carboxylic acids is 1. The average Bonchev–Trinajstić information content (AvgIpc) is 2.28. The van der Waals surface area contributed by atoms with Gasteiger partial charge in [-0.1, -0.05) is 0 Å². The van der Waals surface area contributed by atoms with Gasteiger partial charge in [0.1, 0.15) is 17.6 Å². The first-order valence-electron chi connectivity index (χ1n) is 4.67. The van der Waals surface area contributed by atoms with Crippen molar-refractivity contribution in [3.05, 3.63) is 27.9 Å². The minimum atomic E-state index is -1.39. The number of carbonyl (C=O) groups is 1. The lowest BCUT2D eigenvalue weighted by atomic mass is 10.2. The molecule has 0 bridgehead atoms. The zero-order valence-electron chi connectivity index (χ0n) is 9.03. The Labute approximate surface area is 96.3 Å². The van der Waals surface area contributed by atoms with Crippen molar-refractivity contribution >= 4 is 17.5 Å². The van der Waals surface area contributed by atoms with Gasteiger partial charge in [-0.05, 0) is 0 Å². The normalized spacial score (nSPS) is 10.0. The summed E-state index contributed by atoms with van der Waals surface area (Å²) in [5.41, 5.74) is -0.983. The number of nitrogens with zero attached hydrogens (tertiary/aromatic N) is 3. The van der Waals surface area contributed by atoms with E-state index in [0.29, 0.717) is 0 Å². The van der Waals surface area contributed by atoms with Crippen LogP contribution in [0.3, 0.4) is 0 Å². The largest absolute Gasteiger partial charge is 0.477 e. The van der Waals surface area contributed by atoms with Crippen LogP contribution in [0.4, 0.5) is 11.5 Å². The van der Waals surface area contributed by atoms with Gasteiger partial charge in [0.05, 0.1) is 11.5 Å². The van der Waals surface area contributed by atoms with Gasteiger partial charge in [-0.2, -0.15) is 0 Å². The first-order chi connectivity index (χ1) is 7.97. The van der Waals surface area contributed by atoms with Crippen LogP contribution in [0.1, 0.15) is 10.4 Å². The van der Waals surface area contributed by atoms with Crippen molar-refractivity contribution in [1.29, 1.82) is 0 Å². The molecule has 0 fully saturated rings. The number of aliphatic hydroxyl groups excluding tert-OH is 1. The molecule has 1 rings (SSSR count). The van der Waals surface area contributed by atoms with E-state index in [0.717, 1.165) is 12.3 Å². The van der Waals surface area contributed by atoms with Crippen molar-refractivity contribution in [2.24, 2.45) is 0 Å². The van der Waals surface area contributed by atoms with Crippen LogP contribution >= 0.6 is 0 Å². The molecule has 0 aliphatic heterocycles. The van der Waals surface area contributed by atoms with E-state index in [-0.39, 0.29) is 19.0 Å². The third-order valence-corrected chi connectivity index (χ3v) is 2.12. The summed E-state index contributed by atoms with van der Waals surface area (Å²) in [5.74, 6) is -1.14. The first-order valence-corrected chi connectivity index (χ1v) is 4.67. The zero-order chi connectivity index (χ0) is 13.0. The number of hydrogen-bond acceptors (Lipinski definition) is 6. The van der Waals surface area contributed by atoms with Crippen molar-refractivity contribution in [1.82, 2.24) is 4.98 Å². The predicted molar refractivity (Wildman–Crippen MR) is 58.2 cm³/mol. The van der Waals surface area contributed by atoms with E-state index in [1.165, 1.54) is 4.90 Å². The molecular weight excluding hydrogens is 230 g/mol. The SMILES string of the molecule is CN(CCO)c1cc(C(=O)O)c([N+](=O)[O-])cn1. The lowest BCUT2D eigenvalue weighted by Gasteiger charge is -2.16. The lowest BCUT2D eigenvalue weighted by Crippen LogP contribution is -2.22. The van der Waals surface area contributed by atoms with Crippen LogP contribution in [0.2, 0.25) is 0 Å². The summed E-state index contributed by atoms with van der Waals surface area (Å²) in [7, 11) is 1.59. The van der Waals surface area contributed by atoms with Gasteiger partial charge >= 0.3 is 11.7 Å². The number of anilines is 1. The van der Waals surface area contributed by atoms with Crippen LogP contribution in [-0.2, 0) is 0 Å². The second kappa shape index (κ2) is 5.21. The number of nitro groups is 1. The van der Waals surface area contributed by atoms with E-state index in [1.807, 2.05) is 0 Å². The fourth-order valence-electron chi connectivity index (χ4n) is 1.23. The van der Waals surface area contributed by atoms with Crippen LogP contribution in [0.5, 0.6) is 0 Å². The number of carboxylic acid groups (broad SMARTS) is 1. The standard InChI is InChI=1S/C9H11N3O5/c1-11(2-3-13)8-4-6(9(14)15)7(5-10-8)12(16)17/h4-5,13H,2-3H2,1H3,(H,14,15). The molecule has 1 heterocycles. The third kappa shape index (κ3) is 2.88. The maximum atomic E-state index is 10.9. The summed E-state index contributed by atoms with van der Waals surface area (Å²) in [4.78, 5) is 25.9. The van der Waals surface area contributed by atoms with Gasteiger partial charge in [0.2, 0.25) is 0 Å². The molecule has 0 unspecified atom stereocenters. The summed E-state index contributed by atoms with van der Waals surface area (Å²) in [6.45, 7) is 0.126. The van der Waals surface area contributed by atoms with Crippen molar-refractivity contribution in [3.8, 4) is 0 Å². The zero-order valence-corrected chi connectivity index (χ0v) is 9.03. The number of rotatable bonds is 5. The molecule has 0 saturated carbocycles. The Bertz CT molecular complexity index is 448. The predicted octanol–water partition coefficient (Wildman–Crippen LogP) is 0.116. The van der Waals surface area contributed by atoms with Crippen molar-refractivity contribution in [2.75, 3.05) is 25.1 Å². The second-order valence-corrected chi connectivity index (χ2v) is 3.27. The molecule has 0 amide bonds. The van der Waals surface area contributed by atoms with Gasteiger partial charge in [-0.25, -0.2) is 9.78 Å². The van der Waals surface area contributed by atoms with Gasteiger partial charge in [0, 0.05) is 19.7 Å². The average molecular weight is 241 g/mol. The van der Waals surface area contributed by atoms with Crippen molar-refractivity contribution < 1.29 is 19.9 Å². The smallest absolute Gasteiger partial charge is 0.342 e. The van der Waals surface area contributed by atoms with Gasteiger partial charge < -0.3 is 15.1 Å². The summed E-state index contributed by atoms with van der Waals surface area (Å²) in [5, 5.41) is 28.2. The Morgan fingerprint density at radius 2 is 2.29 bits per heavy atom. The van der Waals surface area contributed by atoms with Crippen molar-refractivity contribution in [2.45, 2.75) is 0 Å². The van der Waals surface area contributed by atoms with Crippen LogP contribution in [0.15, 0.2) is 12.3 Å². The molecule has 0 saturated heterocycles. The number of pyridine rings is 1. The molecule has 1 aromatic rings. The van der Waals surface area contributed by atoms with Crippen LogP contribution in [0.25, 0.3) is 0 Å². The number of hydrogen-bond donors (Lipinski definition) is 2. The molecule has 17 heavy (non-hydrogen) atoms. The van der Waals surface area contributed by atoms with E-state index < -0.39 is 22.1 Å². The number of aliphatic hydroxyl groups is 1. The van der Waals surface area contributed by atoms with Crippen LogP contribution < -0.4 is 4.90 Å². The molecule has 0 radical (unpaired) electrons. The van der Waals surface area contributed by atoms with E-state index in [9.17, 15) is 14.9 Å². The second-order valence-electron chi connectivity index (χ2n) is 3.27. The van der Waals surface area contributed by atoms with E-state index in [2.05, 4.69) is 4.98 Å². The number of carboxylic acids is 1. The highest BCUT2D eigenvalue weighted by Crippen LogP contribution is 2.21. The van der Waals surface area contributed by atoms with Crippen LogP contribution in [0, 0.1) is 10.1 Å². The number of aromatic nitrogens is 1. The maximum Gasteiger partial charge on any atom is 0.342 e. The monoisotopic (exact) mass is 241 g/mol. The molecule has 8 heteroatoms. The summed E-state index contributed by atoms with van der Waals surface area (Å²) >= 11 is 0. The fraction of sp³-hybridized carbons (Fsp3) is 0.333. The third-order valence-electron chi connectivity index (χ3n) is 2.12. The number of likely N-dealkylation sites (N-methyl/N-ethyl adjacent to an activating group) is 1. The van der Waals surface area contributed by atoms with Gasteiger partial charge in [0.25, 0.3) is 0 Å². The summed E-state index contributed by atoms with van der Waals surface area (Å²) in [6, 6.07) is 1.11. The molecule has 92 valence electrons. The molecule has 0 atom stereocenters. The lowest BCUT2D eigenvalue weighted by molar-refractivity contribution is -0.385. The fourth-order valence-corrected chi connectivity index (χ4v) is 1.23. The minimum Gasteiger partial charge on any atom is -0.477 e. The highest BCUT2D eigenvalue weighted by molar-refractivity contribution is 5.93. The Balaban J connectivity index is 3.18. The van der Waals surface area contributed by atoms with Gasteiger partial charge in [0.15, 0.2) is 0 Å². The first kappa shape index (κ1) is 12.8. The van der Waals surface area contributed by atoms with Crippen molar-refractivity contribution in [3.63, 3.8) is 0 Å². The van der Waals surface area contributed by atoms with Crippen LogP contribution in [-0.4, -0.2) is 46.3 Å². The Morgan fingerprint density at radius 1 is 1.65 bits per heavy atom. The molecule has 1 aromatic heterocycles. The Hall–Kier alpha value is -2.22. The van der Waals surface area contributed by atoms with E-state index in [4.69, 9.17) is 10.2 Å². The van der Waals surface area contributed by atoms with Gasteiger partial charge in [-0.15, -0.1) is 0 Å². The highest BCUT2D eigenvalue weighted by Gasteiger charge is 2.21. The molecule has 0 aromatic carbocycles. The Morgan fingerprint density at radius 3 is 2.76 bits per heavy atom. The molecule has 0 aliphatic rings. The molecule has 0 spiro atoms. The molecule has 8 nitrogen and oxygen atoms in total. The molecule has 0 aliphatic carbocycles. The van der Waals surface area contributed by atoms with E-state index >= 15 is 0 Å². The van der Waals surface area contributed by atoms with E-state index in [1.54, 1.807) is 7.05 Å². The molecular formula is C9H11N3O5. The van der Waals surface area contributed by atoms with Gasteiger partial charge in [-0.3, -0.25) is 10.1 Å². The minimum absolute atomic E-state index is 0.127.